The molecule has 0 spiro atoms. The van der Waals surface area contributed by atoms with Crippen LogP contribution in [-0.4, -0.2) is 113 Å². The van der Waals surface area contributed by atoms with Gasteiger partial charge in [0.25, 0.3) is 0 Å². The Morgan fingerprint density at radius 3 is 1.22 bits per heavy atom. The molecule has 1 aliphatic heterocycles. The molecule has 0 bridgehead atoms. The smallest absolute Gasteiger partial charge is 0.163 e. The van der Waals surface area contributed by atoms with Crippen LogP contribution in [0.3, 0.4) is 0 Å². The number of hydrogen-bond acceptors (Lipinski definition) is 16. The highest BCUT2D eigenvalue weighted by Gasteiger charge is 2.24. The Balaban J connectivity index is -0.000000448. The molecule has 0 radical (unpaired) electrons. The van der Waals surface area contributed by atoms with Crippen LogP contribution < -0.4 is 5.32 Å². The van der Waals surface area contributed by atoms with Crippen LogP contribution >= 0.6 is 0 Å². The minimum atomic E-state index is 0. The second-order valence-corrected chi connectivity index (χ2v) is 36.3. The van der Waals surface area contributed by atoms with Crippen LogP contribution in [0.5, 0.6) is 0 Å². The van der Waals surface area contributed by atoms with Crippen molar-refractivity contribution in [2.24, 2.45) is 4.99 Å². The summed E-state index contributed by atoms with van der Waals surface area (Å²) in [5, 5.41) is 8.47. The summed E-state index contributed by atoms with van der Waals surface area (Å²) in [6, 6.07) is 20.3. The Bertz CT molecular complexity index is 4620. The lowest BCUT2D eigenvalue weighted by molar-refractivity contribution is 0.492. The average Bonchev–Trinajstić information content (AvgIpc) is 1.66. The van der Waals surface area contributed by atoms with Gasteiger partial charge in [0.1, 0.15) is 87.6 Å². The quantitative estimate of drug-likeness (QED) is 0.0839. The van der Waals surface area contributed by atoms with E-state index in [1.165, 1.54) is 34.0 Å². The lowest BCUT2D eigenvalue weighted by Crippen LogP contribution is -2.13. The molecule has 14 rings (SSSR count). The van der Waals surface area contributed by atoms with Crippen molar-refractivity contribution in [1.82, 2.24) is 107 Å². The molecular formula is C106H190N24. The number of pyridine rings is 3. The molecule has 0 aromatic carbocycles. The molecule has 0 saturated heterocycles. The second kappa shape index (κ2) is 60.0. The van der Waals surface area contributed by atoms with E-state index in [1.54, 1.807) is 31.5 Å². The van der Waals surface area contributed by atoms with Crippen LogP contribution in [0.1, 0.15) is 494 Å². The summed E-state index contributed by atoms with van der Waals surface area (Å²) in [4.78, 5) is 60.8. The third-order valence-corrected chi connectivity index (χ3v) is 20.1. The lowest BCUT2D eigenvalue weighted by Gasteiger charge is -2.18. The van der Waals surface area contributed by atoms with Crippen LogP contribution in [0.2, 0.25) is 0 Å². The van der Waals surface area contributed by atoms with Crippen molar-refractivity contribution in [2.45, 2.75) is 438 Å². The molecule has 1 N–H and O–H groups in total. The van der Waals surface area contributed by atoms with Crippen molar-refractivity contribution < 1.29 is 0 Å². The van der Waals surface area contributed by atoms with E-state index in [0.29, 0.717) is 114 Å². The van der Waals surface area contributed by atoms with Crippen LogP contribution in [0.15, 0.2) is 128 Å². The Morgan fingerprint density at radius 2 is 0.769 bits per heavy atom. The maximum Gasteiger partial charge on any atom is 0.163 e. The predicted molar refractivity (Wildman–Crippen MR) is 568 cm³/mol. The fraction of sp³-hybridized carbons (Fsp3) is 0.613. The third-order valence-electron chi connectivity index (χ3n) is 20.1. The molecule has 0 saturated carbocycles. The number of rotatable bonds is 18. The molecule has 13 aromatic heterocycles. The fourth-order valence-corrected chi connectivity index (χ4v) is 14.5. The van der Waals surface area contributed by atoms with Crippen LogP contribution in [-0.2, 0) is 6.54 Å². The van der Waals surface area contributed by atoms with E-state index in [-0.39, 0.29) is 74.3 Å². The monoisotopic (exact) mass is 1800 g/mol. The van der Waals surface area contributed by atoms with Gasteiger partial charge in [-0.25, -0.2) is 59.5 Å². The maximum absolute atomic E-state index is 4.66. The van der Waals surface area contributed by atoms with Gasteiger partial charge in [0.15, 0.2) is 11.3 Å². The number of anilines is 1. The summed E-state index contributed by atoms with van der Waals surface area (Å²) in [6.07, 6.45) is 23.7. The third kappa shape index (κ3) is 33.9. The van der Waals surface area contributed by atoms with Crippen molar-refractivity contribution in [1.29, 1.82) is 0 Å². The summed E-state index contributed by atoms with van der Waals surface area (Å²) < 4.78 is 17.8. The molecule has 130 heavy (non-hydrogen) atoms. The molecular weight excluding hydrogens is 1610 g/mol. The molecule has 1 aliphatic rings. The summed E-state index contributed by atoms with van der Waals surface area (Å²) in [6.45, 7) is 79.0. The van der Waals surface area contributed by atoms with Gasteiger partial charge in [0.2, 0.25) is 0 Å². The van der Waals surface area contributed by atoms with Gasteiger partial charge < -0.3 is 37.3 Å². The van der Waals surface area contributed by atoms with Gasteiger partial charge in [-0.2, -0.15) is 5.10 Å². The molecule has 0 unspecified atom stereocenters. The van der Waals surface area contributed by atoms with Crippen molar-refractivity contribution >= 4 is 56.6 Å². The van der Waals surface area contributed by atoms with Crippen LogP contribution in [0.4, 0.5) is 5.82 Å². The number of aliphatic imine (C=N–C) groups is 1. The maximum atomic E-state index is 4.66. The average molecular weight is 1800 g/mol. The number of nitrogens with one attached hydrogen (secondary N) is 1. The van der Waals surface area contributed by atoms with E-state index in [2.05, 4.69) is 392 Å². The first-order valence-corrected chi connectivity index (χ1v) is 44.1. The Kier molecular flexibility index (Phi) is 59.3. The normalized spacial score (nSPS) is 11.1. The van der Waals surface area contributed by atoms with Gasteiger partial charge in [-0.3, -0.25) is 15.0 Å². The highest BCUT2D eigenvalue weighted by atomic mass is 15.3. The molecule has 0 fully saturated rings. The number of nitrogens with zero attached hydrogens (tertiary/aromatic N) is 23. The van der Waals surface area contributed by atoms with Crippen molar-refractivity contribution in [2.75, 3.05) is 5.32 Å². The fourth-order valence-electron chi connectivity index (χ4n) is 14.5. The number of fused-ring (bicyclic) bond motifs is 5. The Labute approximate surface area is 793 Å². The van der Waals surface area contributed by atoms with Crippen molar-refractivity contribution in [3.8, 4) is 0 Å². The van der Waals surface area contributed by atoms with Crippen LogP contribution in [0, 0.1) is 0 Å². The number of hydrogen-bond donors (Lipinski definition) is 1. The van der Waals surface area contributed by atoms with Gasteiger partial charge in [-0.15, -0.1) is 0 Å². The molecule has 0 amide bonds. The highest BCUT2D eigenvalue weighted by Crippen LogP contribution is 2.33. The summed E-state index contributed by atoms with van der Waals surface area (Å²) in [5.41, 5.74) is 13.5. The van der Waals surface area contributed by atoms with Gasteiger partial charge >= 0.3 is 0 Å². The topological polar surface area (TPSA) is 244 Å². The van der Waals surface area contributed by atoms with E-state index in [9.17, 15) is 0 Å². The SMILES string of the molecule is C.C.C.C.C.C.C.C.C.C.CC(C)c1cc2cncnc2n1C(C)C.CC(C)c1cccn1C(C)C.CC(C)c1cccnc1C(C)C.CC(C)c1nc2c(n1C(C)C)NC=NC2.CC(C)c1nc2cccnc2n1C(C)C.CC(C)c1nc2cnccc2n1C(C)C.CC(C)c1nc2cncnc2n1C(C)C.CC(C)c1nccn1C(C)C.CC(C)c1ncnn1C(C)C. The minimum Gasteiger partial charge on any atom is -0.349 e. The molecule has 734 valence electrons. The Hall–Kier alpha value is -10.1. The predicted octanol–water partition coefficient (Wildman–Crippen LogP) is 31.9. The van der Waals surface area contributed by atoms with E-state index in [1.807, 2.05) is 72.3 Å². The van der Waals surface area contributed by atoms with Crippen LogP contribution in [0.25, 0.3) is 44.4 Å². The summed E-state index contributed by atoms with van der Waals surface area (Å²) >= 11 is 0. The second-order valence-electron chi connectivity index (χ2n) is 36.3. The first-order valence-electron chi connectivity index (χ1n) is 44.1. The van der Waals surface area contributed by atoms with E-state index in [0.717, 1.165) is 79.5 Å². The zero-order chi connectivity index (χ0) is 89.4. The van der Waals surface area contributed by atoms with Gasteiger partial charge in [0.05, 0.1) is 30.8 Å². The number of imidazole rings is 5. The van der Waals surface area contributed by atoms with E-state index in [4.69, 9.17) is 0 Å². The van der Waals surface area contributed by atoms with Gasteiger partial charge in [-0.1, -0.05) is 219 Å². The van der Waals surface area contributed by atoms with E-state index < -0.39 is 0 Å². The zero-order valence-electron chi connectivity index (χ0n) is 80.0. The minimum absolute atomic E-state index is 0. The van der Waals surface area contributed by atoms with Crippen molar-refractivity contribution in [3.05, 3.63) is 187 Å². The van der Waals surface area contributed by atoms with Gasteiger partial charge in [-0.05, 0) is 182 Å². The standard InChI is InChI=1S/3C12H17N3.C11H18N4.C11H16N4.C11H17N.C10H17N.C9H16N2.C8H15N3.10CH4/c1-8(2)11-5-10-6-13-7-14-12(10)15(11)9(3)4;1-8(2)12-14-10-7-13-6-5-11(10)15(12)9(3)4;1-8(2)11-14-10-6-5-7-13-12(10)15(11)9(3)4;2*1-7(2)10-14-9-5-12-6-13-11(9)15(10)8(3)4;1-8(2)10-6-5-7-12-11(10)9(3)4;1-8(2)10-6-5-7-11(10)9(3)4;1-7(2)9-10-5-6-11(9)8(3)4;1-6(2)8-9-5-10-11(8)7(3)4;;;;;;;;;;/h3*5-9H,1-4H3;6-8H,5H2,1-4H3,(H,12,13);5-8H,1-4H3;5-9H,1-4H3;5-9H,1-4H3;5-8H,1-4H3;5-7H,1-4H3;10*1H4. The largest absolute Gasteiger partial charge is 0.349 e. The lowest BCUT2D eigenvalue weighted by atomic mass is 9.96. The molecule has 0 atom stereocenters. The van der Waals surface area contributed by atoms with Crippen molar-refractivity contribution in [3.63, 3.8) is 0 Å². The van der Waals surface area contributed by atoms with Gasteiger partial charge in [0, 0.05) is 150 Å². The molecule has 0 aliphatic carbocycles. The first kappa shape index (κ1) is 128. The highest BCUT2D eigenvalue weighted by molar-refractivity contribution is 5.78. The van der Waals surface area contributed by atoms with E-state index >= 15 is 0 Å². The zero-order valence-corrected chi connectivity index (χ0v) is 80.0. The summed E-state index contributed by atoms with van der Waals surface area (Å²) in [7, 11) is 0. The molecule has 24 heteroatoms. The molecule has 24 nitrogen and oxygen atoms in total. The molecule has 13 aromatic rings. The summed E-state index contributed by atoms with van der Waals surface area (Å²) in [5.74, 6) is 12.8. The Morgan fingerprint density at radius 1 is 0.308 bits per heavy atom. The first-order chi connectivity index (χ1) is 56.5. The number of aromatic nitrogens is 22. The molecule has 14 heterocycles.